The van der Waals surface area contributed by atoms with Gasteiger partial charge in [0, 0.05) is 16.2 Å². The lowest BCUT2D eigenvalue weighted by Crippen LogP contribution is -1.98. The van der Waals surface area contributed by atoms with Gasteiger partial charge in [0.1, 0.15) is 16.7 Å². The highest BCUT2D eigenvalue weighted by atomic mass is 16.3. The number of rotatable bonds is 3. The summed E-state index contributed by atoms with van der Waals surface area (Å²) in [4.78, 5) is 14.1. The zero-order valence-corrected chi connectivity index (χ0v) is 17.2. The van der Waals surface area contributed by atoms with E-state index in [9.17, 15) is 0 Å². The number of hydrogen-bond donors (Lipinski definition) is 0. The van der Waals surface area contributed by atoms with Gasteiger partial charge in [0.05, 0.1) is 0 Å². The van der Waals surface area contributed by atoms with Crippen LogP contribution in [0.2, 0.25) is 0 Å². The standard InChI is InChI=1S/C27H15N3O3/c1-4-10-19-16(7-1)13-22(31-19)25-28-26(23-14-17-8-2-5-11-20(17)32-23)30-27(29-25)24-15-18-9-3-6-12-21(18)33-24/h1-15H. The third kappa shape index (κ3) is 3.00. The molecule has 0 unspecified atom stereocenters. The van der Waals surface area contributed by atoms with Crippen LogP contribution in [0.4, 0.5) is 0 Å². The topological polar surface area (TPSA) is 78.1 Å². The van der Waals surface area contributed by atoms with Crippen molar-refractivity contribution in [3.63, 3.8) is 0 Å². The Bertz CT molecular complexity index is 1470. The van der Waals surface area contributed by atoms with Gasteiger partial charge in [0.25, 0.3) is 0 Å². The number of aromatic nitrogens is 3. The Labute approximate surface area is 187 Å². The third-order valence-corrected chi connectivity index (χ3v) is 5.57. The molecule has 4 aromatic heterocycles. The molecular formula is C27H15N3O3. The number of fused-ring (bicyclic) bond motifs is 3. The van der Waals surface area contributed by atoms with Gasteiger partial charge in [-0.25, -0.2) is 15.0 Å². The van der Waals surface area contributed by atoms with Gasteiger partial charge in [0.15, 0.2) is 34.8 Å². The van der Waals surface area contributed by atoms with Gasteiger partial charge in [-0.3, -0.25) is 0 Å². The lowest BCUT2D eigenvalue weighted by molar-refractivity contribution is 0.611. The van der Waals surface area contributed by atoms with Crippen LogP contribution in [0.25, 0.3) is 67.7 Å². The maximum atomic E-state index is 6.04. The van der Waals surface area contributed by atoms with Gasteiger partial charge in [0.2, 0.25) is 0 Å². The molecule has 156 valence electrons. The molecule has 0 fully saturated rings. The van der Waals surface area contributed by atoms with E-state index in [1.54, 1.807) is 0 Å². The number of hydrogen-bond acceptors (Lipinski definition) is 6. The predicted octanol–water partition coefficient (Wildman–Crippen LogP) is 7.11. The minimum Gasteiger partial charge on any atom is -0.453 e. The van der Waals surface area contributed by atoms with Gasteiger partial charge in [-0.15, -0.1) is 0 Å². The molecule has 0 aliphatic rings. The highest BCUT2D eigenvalue weighted by Crippen LogP contribution is 2.32. The van der Waals surface area contributed by atoms with Crippen molar-refractivity contribution >= 4 is 32.9 Å². The molecule has 0 radical (unpaired) electrons. The van der Waals surface area contributed by atoms with Crippen LogP contribution in [0.5, 0.6) is 0 Å². The number of nitrogens with zero attached hydrogens (tertiary/aromatic N) is 3. The molecule has 4 heterocycles. The Kier molecular flexibility index (Phi) is 3.75. The van der Waals surface area contributed by atoms with Crippen LogP contribution in [0.15, 0.2) is 104 Å². The van der Waals surface area contributed by atoms with Gasteiger partial charge in [-0.05, 0) is 36.4 Å². The van der Waals surface area contributed by atoms with Crippen LogP contribution >= 0.6 is 0 Å². The van der Waals surface area contributed by atoms with Gasteiger partial charge in [-0.1, -0.05) is 54.6 Å². The fraction of sp³-hybridized carbons (Fsp3) is 0. The van der Waals surface area contributed by atoms with Crippen molar-refractivity contribution in [2.75, 3.05) is 0 Å². The van der Waals surface area contributed by atoms with Crippen molar-refractivity contribution < 1.29 is 13.3 Å². The van der Waals surface area contributed by atoms with Crippen LogP contribution in [0.1, 0.15) is 0 Å². The van der Waals surface area contributed by atoms with Crippen molar-refractivity contribution in [3.8, 4) is 34.8 Å². The first-order chi connectivity index (χ1) is 16.3. The molecular weight excluding hydrogens is 414 g/mol. The predicted molar refractivity (Wildman–Crippen MR) is 125 cm³/mol. The molecule has 0 bridgehead atoms. The van der Waals surface area contributed by atoms with Crippen LogP contribution < -0.4 is 0 Å². The third-order valence-electron chi connectivity index (χ3n) is 5.57. The average molecular weight is 429 g/mol. The van der Waals surface area contributed by atoms with E-state index in [1.807, 2.05) is 91.0 Å². The summed E-state index contributed by atoms with van der Waals surface area (Å²) in [5, 5.41) is 2.93. The summed E-state index contributed by atoms with van der Waals surface area (Å²) in [6.45, 7) is 0. The first-order valence-corrected chi connectivity index (χ1v) is 10.5. The quantitative estimate of drug-likeness (QED) is 0.298. The van der Waals surface area contributed by atoms with Crippen molar-refractivity contribution in [1.29, 1.82) is 0 Å². The van der Waals surface area contributed by atoms with E-state index >= 15 is 0 Å². The Morgan fingerprint density at radius 2 is 0.697 bits per heavy atom. The second kappa shape index (κ2) is 6.90. The molecule has 0 saturated carbocycles. The number of benzene rings is 3. The zero-order valence-electron chi connectivity index (χ0n) is 17.2. The van der Waals surface area contributed by atoms with Crippen molar-refractivity contribution in [1.82, 2.24) is 15.0 Å². The highest BCUT2D eigenvalue weighted by molar-refractivity contribution is 5.84. The maximum absolute atomic E-state index is 6.04. The molecule has 0 atom stereocenters. The largest absolute Gasteiger partial charge is 0.453 e. The summed E-state index contributed by atoms with van der Waals surface area (Å²) in [5.74, 6) is 2.88. The number of para-hydroxylation sites is 3. The summed E-state index contributed by atoms with van der Waals surface area (Å²) >= 11 is 0. The summed E-state index contributed by atoms with van der Waals surface area (Å²) in [5.41, 5.74) is 2.30. The molecule has 3 aromatic carbocycles. The number of furan rings is 3. The molecule has 0 N–H and O–H groups in total. The molecule has 0 aliphatic carbocycles. The average Bonchev–Trinajstić information content (AvgIpc) is 3.59. The van der Waals surface area contributed by atoms with E-state index in [4.69, 9.17) is 28.2 Å². The van der Waals surface area contributed by atoms with Gasteiger partial charge >= 0.3 is 0 Å². The second-order valence-corrected chi connectivity index (χ2v) is 7.75. The smallest absolute Gasteiger partial charge is 0.200 e. The Hall–Kier alpha value is -4.71. The molecule has 33 heavy (non-hydrogen) atoms. The van der Waals surface area contributed by atoms with Gasteiger partial charge < -0.3 is 13.3 Å². The van der Waals surface area contributed by atoms with E-state index in [0.717, 1.165) is 32.9 Å². The lowest BCUT2D eigenvalue weighted by atomic mass is 10.2. The maximum Gasteiger partial charge on any atom is 0.200 e. The first kappa shape index (κ1) is 17.9. The molecule has 0 amide bonds. The van der Waals surface area contributed by atoms with Crippen LogP contribution in [-0.4, -0.2) is 15.0 Å². The molecule has 0 aliphatic heterocycles. The molecule has 7 rings (SSSR count). The first-order valence-electron chi connectivity index (χ1n) is 10.5. The van der Waals surface area contributed by atoms with Crippen LogP contribution in [0, 0.1) is 0 Å². The summed E-state index contributed by atoms with van der Waals surface area (Å²) < 4.78 is 18.1. The summed E-state index contributed by atoms with van der Waals surface area (Å²) in [6, 6.07) is 29.2. The highest BCUT2D eigenvalue weighted by Gasteiger charge is 2.19. The van der Waals surface area contributed by atoms with E-state index in [0.29, 0.717) is 34.8 Å². The minimum atomic E-state index is 0.409. The second-order valence-electron chi connectivity index (χ2n) is 7.75. The molecule has 0 saturated heterocycles. The fourth-order valence-corrected chi connectivity index (χ4v) is 3.98. The zero-order chi connectivity index (χ0) is 21.8. The van der Waals surface area contributed by atoms with E-state index < -0.39 is 0 Å². The van der Waals surface area contributed by atoms with Gasteiger partial charge in [-0.2, -0.15) is 0 Å². The molecule has 6 nitrogen and oxygen atoms in total. The van der Waals surface area contributed by atoms with E-state index in [1.165, 1.54) is 0 Å². The summed E-state index contributed by atoms with van der Waals surface area (Å²) in [7, 11) is 0. The fourth-order valence-electron chi connectivity index (χ4n) is 3.98. The SMILES string of the molecule is c1ccc2oc(-c3nc(-c4cc5ccccc5o4)nc(-c4cc5ccccc5o4)n3)cc2c1. The summed E-state index contributed by atoms with van der Waals surface area (Å²) in [6.07, 6.45) is 0. The van der Waals surface area contributed by atoms with Crippen LogP contribution in [-0.2, 0) is 0 Å². The molecule has 0 spiro atoms. The van der Waals surface area contributed by atoms with E-state index in [2.05, 4.69) is 0 Å². The lowest BCUT2D eigenvalue weighted by Gasteiger charge is -2.03. The van der Waals surface area contributed by atoms with Crippen molar-refractivity contribution in [3.05, 3.63) is 91.0 Å². The normalized spacial score (nSPS) is 11.6. The van der Waals surface area contributed by atoms with E-state index in [-0.39, 0.29) is 0 Å². The monoisotopic (exact) mass is 429 g/mol. The molecule has 6 heteroatoms. The Morgan fingerprint density at radius 3 is 1.00 bits per heavy atom. The Morgan fingerprint density at radius 1 is 0.394 bits per heavy atom. The van der Waals surface area contributed by atoms with Crippen LogP contribution in [0.3, 0.4) is 0 Å². The van der Waals surface area contributed by atoms with Crippen molar-refractivity contribution in [2.24, 2.45) is 0 Å². The minimum absolute atomic E-state index is 0.409. The Balaban J connectivity index is 1.46. The van der Waals surface area contributed by atoms with Crippen molar-refractivity contribution in [2.45, 2.75) is 0 Å². The molecule has 7 aromatic rings.